The predicted octanol–water partition coefficient (Wildman–Crippen LogP) is 3.54. The van der Waals surface area contributed by atoms with Crippen LogP contribution in [-0.4, -0.2) is 57.7 Å². The maximum absolute atomic E-state index is 13.3. The summed E-state index contributed by atoms with van der Waals surface area (Å²) < 4.78 is 41.2. The van der Waals surface area contributed by atoms with Gasteiger partial charge in [0, 0.05) is 36.5 Å². The minimum Gasteiger partial charge on any atom is -0.406 e. The summed E-state index contributed by atoms with van der Waals surface area (Å²) in [5, 5.41) is 22.3. The number of alkyl halides is 3. The number of carbonyl (C=O) groups excluding carboxylic acids is 2. The van der Waals surface area contributed by atoms with E-state index in [9.17, 15) is 27.9 Å². The van der Waals surface area contributed by atoms with Gasteiger partial charge in [-0.2, -0.15) is 5.10 Å². The first-order valence-corrected chi connectivity index (χ1v) is 11.6. The zero-order valence-electron chi connectivity index (χ0n) is 19.4. The van der Waals surface area contributed by atoms with Crippen molar-refractivity contribution in [2.75, 3.05) is 28.6 Å². The first-order chi connectivity index (χ1) is 17.7. The number of anilines is 3. The minimum absolute atomic E-state index is 0.0473. The summed E-state index contributed by atoms with van der Waals surface area (Å²) in [6, 6.07) is 7.97. The van der Waals surface area contributed by atoms with Gasteiger partial charge in [-0.25, -0.2) is 4.98 Å². The van der Waals surface area contributed by atoms with Crippen molar-refractivity contribution in [3.05, 3.63) is 48.2 Å². The number of aliphatic hydroxyl groups excluding tert-OH is 1. The molecule has 37 heavy (non-hydrogen) atoms. The highest BCUT2D eigenvalue weighted by molar-refractivity contribution is 6.11. The third-order valence-electron chi connectivity index (χ3n) is 6.04. The number of aromatic amines is 1. The van der Waals surface area contributed by atoms with Crippen LogP contribution >= 0.6 is 0 Å². The molecule has 1 aliphatic carbocycles. The number of nitrogens with zero attached hydrogens (tertiary/aromatic N) is 3. The maximum Gasteiger partial charge on any atom is 0.573 e. The van der Waals surface area contributed by atoms with Crippen LogP contribution in [0.4, 0.5) is 30.5 Å². The molecule has 0 spiro atoms. The smallest absolute Gasteiger partial charge is 0.406 e. The number of ether oxygens (including phenoxy) is 1. The largest absolute Gasteiger partial charge is 0.573 e. The van der Waals surface area contributed by atoms with Gasteiger partial charge in [-0.3, -0.25) is 14.7 Å². The molecule has 1 saturated heterocycles. The molecule has 5 rings (SSSR count). The number of aliphatic hydroxyl groups is 1. The van der Waals surface area contributed by atoms with E-state index in [1.807, 2.05) is 4.90 Å². The van der Waals surface area contributed by atoms with Gasteiger partial charge in [-0.15, -0.1) is 13.2 Å². The predicted molar refractivity (Wildman–Crippen MR) is 127 cm³/mol. The molecule has 3 aromatic rings. The number of amides is 2. The molecule has 1 aromatic carbocycles. The lowest BCUT2D eigenvalue weighted by Crippen LogP contribution is -2.26. The monoisotopic (exact) mass is 516 g/mol. The van der Waals surface area contributed by atoms with Crippen molar-refractivity contribution in [1.29, 1.82) is 0 Å². The highest BCUT2D eigenvalue weighted by atomic mass is 19.4. The summed E-state index contributed by atoms with van der Waals surface area (Å²) in [5.74, 6) is -0.941. The molecule has 10 nitrogen and oxygen atoms in total. The van der Waals surface area contributed by atoms with Gasteiger partial charge in [0.15, 0.2) is 0 Å². The molecule has 0 bridgehead atoms. The van der Waals surface area contributed by atoms with E-state index >= 15 is 0 Å². The van der Waals surface area contributed by atoms with E-state index in [-0.39, 0.29) is 28.9 Å². The topological polar surface area (TPSA) is 132 Å². The Morgan fingerprint density at radius 1 is 1.11 bits per heavy atom. The Morgan fingerprint density at radius 2 is 1.86 bits per heavy atom. The summed E-state index contributed by atoms with van der Waals surface area (Å²) in [6.07, 6.45) is -1.78. The molecule has 1 aliphatic heterocycles. The first-order valence-electron chi connectivity index (χ1n) is 11.6. The Balaban J connectivity index is 1.49. The fourth-order valence-corrected chi connectivity index (χ4v) is 4.05. The average Bonchev–Trinajstić information content (AvgIpc) is 3.38. The first kappa shape index (κ1) is 24.6. The molecule has 1 unspecified atom stereocenters. The Labute approximate surface area is 208 Å². The standard InChI is InChI=1S/C24H23F3N6O4/c25-24(26,27)37-16-5-3-14(4-6-16)29-23(36)18-11-17(19-7-9-28-32-19)21(33-10-8-15(34)12-33)30-20(18)31-22(35)13-1-2-13/h3-7,9,11,13,15,34H,1-2,8,10,12H2,(H,28,32)(H,29,36)(H,30,31,35). The van der Waals surface area contributed by atoms with E-state index < -0.39 is 24.1 Å². The lowest BCUT2D eigenvalue weighted by molar-refractivity contribution is -0.274. The van der Waals surface area contributed by atoms with Crippen LogP contribution in [0.3, 0.4) is 0 Å². The van der Waals surface area contributed by atoms with Crippen LogP contribution in [-0.2, 0) is 4.79 Å². The van der Waals surface area contributed by atoms with Crippen molar-refractivity contribution in [3.63, 3.8) is 0 Å². The normalized spacial score (nSPS) is 17.5. The number of hydrogen-bond acceptors (Lipinski definition) is 7. The summed E-state index contributed by atoms with van der Waals surface area (Å²) in [7, 11) is 0. The fourth-order valence-electron chi connectivity index (χ4n) is 4.05. The lowest BCUT2D eigenvalue weighted by Gasteiger charge is -2.22. The highest BCUT2D eigenvalue weighted by Crippen LogP contribution is 2.36. The van der Waals surface area contributed by atoms with Crippen LogP contribution in [0.1, 0.15) is 29.6 Å². The Morgan fingerprint density at radius 3 is 2.46 bits per heavy atom. The quantitative estimate of drug-likeness (QED) is 0.378. The number of nitrogens with one attached hydrogen (secondary N) is 3. The average molecular weight is 516 g/mol. The third kappa shape index (κ3) is 5.82. The van der Waals surface area contributed by atoms with Gasteiger partial charge in [0.1, 0.15) is 17.4 Å². The van der Waals surface area contributed by atoms with Crippen LogP contribution < -0.4 is 20.3 Å². The number of β-amino-alcohol motifs (C(OH)–C–C–N with tert-alkyl or cyclic N) is 1. The molecule has 4 N–H and O–H groups in total. The van der Waals surface area contributed by atoms with Gasteiger partial charge in [-0.05, 0) is 55.7 Å². The van der Waals surface area contributed by atoms with Gasteiger partial charge < -0.3 is 25.4 Å². The van der Waals surface area contributed by atoms with E-state index in [2.05, 4.69) is 30.6 Å². The number of H-pyrrole nitrogens is 1. The SMILES string of the molecule is O=C(Nc1ccc(OC(F)(F)F)cc1)c1cc(-c2ccn[nH]2)c(N2CCC(O)C2)nc1NC(=O)C1CC1. The van der Waals surface area contributed by atoms with E-state index in [0.717, 1.165) is 25.0 Å². The second-order valence-corrected chi connectivity index (χ2v) is 8.90. The van der Waals surface area contributed by atoms with Crippen LogP contribution in [0.5, 0.6) is 5.75 Å². The molecule has 2 fully saturated rings. The van der Waals surface area contributed by atoms with E-state index in [0.29, 0.717) is 36.6 Å². The summed E-state index contributed by atoms with van der Waals surface area (Å²) in [6.45, 7) is 0.866. The van der Waals surface area contributed by atoms with Crippen LogP contribution in [0, 0.1) is 5.92 Å². The number of aromatic nitrogens is 3. The molecule has 194 valence electrons. The molecule has 0 radical (unpaired) electrons. The van der Waals surface area contributed by atoms with Crippen molar-refractivity contribution in [2.45, 2.75) is 31.7 Å². The van der Waals surface area contributed by atoms with Crippen molar-refractivity contribution < 1.29 is 32.6 Å². The molecule has 2 aromatic heterocycles. The number of rotatable bonds is 7. The molecular formula is C24H23F3N6O4. The zero-order valence-corrected chi connectivity index (χ0v) is 19.4. The van der Waals surface area contributed by atoms with E-state index in [1.54, 1.807) is 18.3 Å². The van der Waals surface area contributed by atoms with Gasteiger partial charge >= 0.3 is 6.36 Å². The molecule has 13 heteroatoms. The molecule has 1 saturated carbocycles. The van der Waals surface area contributed by atoms with Gasteiger partial charge in [0.05, 0.1) is 17.4 Å². The second kappa shape index (κ2) is 9.73. The van der Waals surface area contributed by atoms with Crippen molar-refractivity contribution in [3.8, 4) is 17.0 Å². The lowest BCUT2D eigenvalue weighted by atomic mass is 10.1. The third-order valence-corrected chi connectivity index (χ3v) is 6.04. The molecule has 3 heterocycles. The van der Waals surface area contributed by atoms with E-state index in [1.165, 1.54) is 12.1 Å². The molecule has 2 aliphatic rings. The Hall–Kier alpha value is -4.13. The van der Waals surface area contributed by atoms with Crippen LogP contribution in [0.25, 0.3) is 11.3 Å². The van der Waals surface area contributed by atoms with Crippen molar-refractivity contribution in [1.82, 2.24) is 15.2 Å². The van der Waals surface area contributed by atoms with Gasteiger partial charge in [0.2, 0.25) is 5.91 Å². The van der Waals surface area contributed by atoms with Crippen molar-refractivity contribution in [2.24, 2.45) is 5.92 Å². The van der Waals surface area contributed by atoms with Gasteiger partial charge in [-0.1, -0.05) is 0 Å². The summed E-state index contributed by atoms with van der Waals surface area (Å²) >= 11 is 0. The molecule has 1 atom stereocenters. The molecular weight excluding hydrogens is 493 g/mol. The Bertz CT molecular complexity index is 1290. The van der Waals surface area contributed by atoms with Crippen LogP contribution in [0.2, 0.25) is 0 Å². The Kier molecular flexibility index (Phi) is 6.46. The summed E-state index contributed by atoms with van der Waals surface area (Å²) in [5.41, 5.74) is 1.38. The fraction of sp³-hybridized carbons (Fsp3) is 0.333. The highest BCUT2D eigenvalue weighted by Gasteiger charge is 2.33. The number of carbonyl (C=O) groups is 2. The number of pyridine rings is 1. The van der Waals surface area contributed by atoms with Gasteiger partial charge in [0.25, 0.3) is 5.91 Å². The second-order valence-electron chi connectivity index (χ2n) is 8.90. The summed E-state index contributed by atoms with van der Waals surface area (Å²) in [4.78, 5) is 32.4. The van der Waals surface area contributed by atoms with Crippen molar-refractivity contribution >= 4 is 29.1 Å². The number of benzene rings is 1. The number of hydrogen-bond donors (Lipinski definition) is 4. The maximum atomic E-state index is 13.3. The molecule has 2 amide bonds. The zero-order chi connectivity index (χ0) is 26.2. The number of halogens is 3. The minimum atomic E-state index is -4.83. The van der Waals surface area contributed by atoms with E-state index in [4.69, 9.17) is 0 Å². The van der Waals surface area contributed by atoms with Crippen LogP contribution in [0.15, 0.2) is 42.6 Å².